The van der Waals surface area contributed by atoms with E-state index in [2.05, 4.69) is 0 Å². The lowest BCUT2D eigenvalue weighted by atomic mass is 10.0. The van der Waals surface area contributed by atoms with E-state index in [1.54, 1.807) is 0 Å². The second-order valence-electron chi connectivity index (χ2n) is 9.04. The van der Waals surface area contributed by atoms with Gasteiger partial charge in [0.2, 0.25) is 0 Å². The van der Waals surface area contributed by atoms with Gasteiger partial charge in [0.15, 0.2) is 0 Å². The van der Waals surface area contributed by atoms with Crippen molar-refractivity contribution in [1.82, 2.24) is 0 Å². The molecule has 0 unspecified atom stereocenters. The lowest BCUT2D eigenvalue weighted by Crippen LogP contribution is -2.11. The molecule has 0 fully saturated rings. The largest absolute Gasteiger partial charge is 0.379 e. The average Bonchev–Trinajstić information content (AvgIpc) is 2.84. The quantitative estimate of drug-likeness (QED) is 0.229. The Morgan fingerprint density at radius 1 is 0.543 bits per heavy atom. The number of benzene rings is 2. The Bertz CT molecular complexity index is 805. The highest BCUT2D eigenvalue weighted by molar-refractivity contribution is 5.81. The summed E-state index contributed by atoms with van der Waals surface area (Å²) in [6.45, 7) is 7.60. The van der Waals surface area contributed by atoms with E-state index in [9.17, 15) is 9.59 Å². The van der Waals surface area contributed by atoms with Crippen LogP contribution in [0.4, 0.5) is 0 Å². The Kier molecular flexibility index (Phi) is 14.9. The number of Topliss-reactive ketones (excluding diaryl/α,β-unsaturated/α-hetero) is 2. The van der Waals surface area contributed by atoms with Gasteiger partial charge in [0.1, 0.15) is 11.6 Å². The Balaban J connectivity index is 1.32. The van der Waals surface area contributed by atoms with Crippen LogP contribution in [0.3, 0.4) is 0 Å². The molecule has 192 valence electrons. The minimum atomic E-state index is 0.288. The average molecular weight is 483 g/mol. The summed E-state index contributed by atoms with van der Waals surface area (Å²) in [4.78, 5) is 24.2. The van der Waals surface area contributed by atoms with Gasteiger partial charge in [0.25, 0.3) is 0 Å². The lowest BCUT2D eigenvalue weighted by Gasteiger charge is -2.08. The molecule has 0 heterocycles. The Morgan fingerprint density at radius 3 is 1.31 bits per heavy atom. The third kappa shape index (κ3) is 13.4. The van der Waals surface area contributed by atoms with Crippen LogP contribution in [0, 0.1) is 13.8 Å². The maximum atomic E-state index is 12.1. The second kappa shape index (κ2) is 18.0. The van der Waals surface area contributed by atoms with Crippen LogP contribution in [0.2, 0.25) is 0 Å². The van der Waals surface area contributed by atoms with E-state index < -0.39 is 0 Å². The van der Waals surface area contributed by atoms with Gasteiger partial charge in [-0.25, -0.2) is 0 Å². The molecule has 5 heteroatoms. The van der Waals surface area contributed by atoms with Crippen molar-refractivity contribution in [3.05, 3.63) is 70.8 Å². The molecule has 0 bridgehead atoms. The monoisotopic (exact) mass is 482 g/mol. The van der Waals surface area contributed by atoms with Crippen LogP contribution >= 0.6 is 0 Å². The number of carbonyl (C=O) groups is 2. The van der Waals surface area contributed by atoms with Crippen molar-refractivity contribution in [3.8, 4) is 0 Å². The molecule has 0 aliphatic rings. The summed E-state index contributed by atoms with van der Waals surface area (Å²) < 4.78 is 16.7. The summed E-state index contributed by atoms with van der Waals surface area (Å²) >= 11 is 0. The van der Waals surface area contributed by atoms with Crippen LogP contribution in [0.5, 0.6) is 0 Å². The van der Waals surface area contributed by atoms with Crippen molar-refractivity contribution in [2.75, 3.05) is 39.6 Å². The number of ether oxygens (including phenoxy) is 3. The normalized spacial score (nSPS) is 11.0. The number of hydrogen-bond acceptors (Lipinski definition) is 5. The van der Waals surface area contributed by atoms with Crippen molar-refractivity contribution in [2.45, 2.75) is 65.2 Å². The molecule has 0 spiro atoms. The van der Waals surface area contributed by atoms with E-state index in [1.165, 1.54) is 11.1 Å². The molecule has 0 atom stereocenters. The number of rotatable bonds is 20. The van der Waals surface area contributed by atoms with Gasteiger partial charge in [-0.1, -0.05) is 48.5 Å². The molecule has 0 saturated heterocycles. The zero-order chi connectivity index (χ0) is 25.1. The Morgan fingerprint density at radius 2 is 0.914 bits per heavy atom. The molecule has 0 aromatic heterocycles. The highest BCUT2D eigenvalue weighted by Crippen LogP contribution is 2.11. The summed E-state index contributed by atoms with van der Waals surface area (Å²) in [7, 11) is 0. The van der Waals surface area contributed by atoms with Crippen LogP contribution in [-0.2, 0) is 36.6 Å². The third-order valence-electron chi connectivity index (χ3n) is 6.03. The lowest BCUT2D eigenvalue weighted by molar-refractivity contribution is -0.119. The molecule has 2 aromatic carbocycles. The fraction of sp³-hybridized carbons (Fsp3) is 0.533. The molecule has 0 amide bonds. The third-order valence-corrected chi connectivity index (χ3v) is 6.03. The Hall–Kier alpha value is -2.34. The van der Waals surface area contributed by atoms with E-state index in [1.807, 2.05) is 62.4 Å². The van der Waals surface area contributed by atoms with Gasteiger partial charge in [0.05, 0.1) is 26.4 Å². The molecule has 0 radical (unpaired) electrons. The molecule has 0 saturated carbocycles. The van der Waals surface area contributed by atoms with Crippen LogP contribution in [0.15, 0.2) is 48.5 Å². The number of ketones is 2. The van der Waals surface area contributed by atoms with Gasteiger partial charge in [-0.05, 0) is 61.8 Å². The summed E-state index contributed by atoms with van der Waals surface area (Å²) in [5.41, 5.74) is 4.60. The van der Waals surface area contributed by atoms with Gasteiger partial charge in [-0.2, -0.15) is 0 Å². The molecular formula is C30H42O5. The molecule has 0 N–H and O–H groups in total. The van der Waals surface area contributed by atoms with E-state index in [0.29, 0.717) is 65.3 Å². The molecule has 5 nitrogen and oxygen atoms in total. The van der Waals surface area contributed by atoms with Gasteiger partial charge in [0, 0.05) is 38.9 Å². The number of hydrogen-bond donors (Lipinski definition) is 0. The molecule has 0 aliphatic carbocycles. The molecule has 0 aliphatic heterocycles. The molecule has 2 rings (SSSR count). The van der Waals surface area contributed by atoms with Crippen molar-refractivity contribution in [1.29, 1.82) is 0 Å². The first kappa shape index (κ1) is 28.9. The van der Waals surface area contributed by atoms with Gasteiger partial charge in [-0.15, -0.1) is 0 Å². The minimum absolute atomic E-state index is 0.288. The van der Waals surface area contributed by atoms with Crippen LogP contribution < -0.4 is 0 Å². The first-order valence-corrected chi connectivity index (χ1v) is 12.9. The molecule has 35 heavy (non-hydrogen) atoms. The fourth-order valence-corrected chi connectivity index (χ4v) is 3.81. The summed E-state index contributed by atoms with van der Waals surface area (Å²) in [6, 6.07) is 16.1. The zero-order valence-electron chi connectivity index (χ0n) is 21.6. The van der Waals surface area contributed by atoms with Crippen molar-refractivity contribution < 1.29 is 23.8 Å². The smallest absolute Gasteiger partial charge is 0.137 e. The van der Waals surface area contributed by atoms with Gasteiger partial charge in [-0.3, -0.25) is 9.59 Å². The van der Waals surface area contributed by atoms with Crippen molar-refractivity contribution >= 4 is 11.6 Å². The fourth-order valence-electron chi connectivity index (χ4n) is 3.81. The van der Waals surface area contributed by atoms with Crippen LogP contribution in [-0.4, -0.2) is 51.2 Å². The SMILES string of the molecule is Cc1ccccc1CC(=O)CCCCOCCOCCOCCCCC(=O)Cc1ccccc1C. The summed E-state index contributed by atoms with van der Waals surface area (Å²) in [6.07, 6.45) is 5.74. The highest BCUT2D eigenvalue weighted by Gasteiger charge is 2.06. The minimum Gasteiger partial charge on any atom is -0.379 e. The number of carbonyl (C=O) groups excluding carboxylic acids is 2. The van der Waals surface area contributed by atoms with Crippen molar-refractivity contribution in [3.63, 3.8) is 0 Å². The topological polar surface area (TPSA) is 61.8 Å². The molecule has 2 aromatic rings. The molecular weight excluding hydrogens is 440 g/mol. The highest BCUT2D eigenvalue weighted by atomic mass is 16.5. The Labute approximate surface area is 211 Å². The van der Waals surface area contributed by atoms with E-state index in [0.717, 1.165) is 36.8 Å². The first-order chi connectivity index (χ1) is 17.1. The van der Waals surface area contributed by atoms with Crippen LogP contribution in [0.25, 0.3) is 0 Å². The maximum absolute atomic E-state index is 12.1. The van der Waals surface area contributed by atoms with Gasteiger partial charge >= 0.3 is 0 Å². The summed E-state index contributed by atoms with van der Waals surface area (Å²) in [5.74, 6) is 0.577. The maximum Gasteiger partial charge on any atom is 0.137 e. The van der Waals surface area contributed by atoms with Crippen molar-refractivity contribution in [2.24, 2.45) is 0 Å². The standard InChI is InChI=1S/C30H42O5/c1-25-11-3-5-13-27(25)23-29(31)15-7-9-17-33-19-21-35-22-20-34-18-10-8-16-30(32)24-28-14-6-4-12-26(28)2/h3-6,11-14H,7-10,15-24H2,1-2H3. The summed E-state index contributed by atoms with van der Waals surface area (Å²) in [5, 5.41) is 0. The predicted octanol–water partition coefficient (Wildman–Crippen LogP) is 5.62. The van der Waals surface area contributed by atoms with E-state index in [-0.39, 0.29) is 11.6 Å². The number of unbranched alkanes of at least 4 members (excludes halogenated alkanes) is 2. The zero-order valence-corrected chi connectivity index (χ0v) is 21.6. The second-order valence-corrected chi connectivity index (χ2v) is 9.04. The van der Waals surface area contributed by atoms with E-state index in [4.69, 9.17) is 14.2 Å². The van der Waals surface area contributed by atoms with Gasteiger partial charge < -0.3 is 14.2 Å². The first-order valence-electron chi connectivity index (χ1n) is 12.9. The van der Waals surface area contributed by atoms with E-state index >= 15 is 0 Å². The predicted molar refractivity (Wildman–Crippen MR) is 140 cm³/mol. The number of aryl methyl sites for hydroxylation is 2. The van der Waals surface area contributed by atoms with Crippen LogP contribution in [0.1, 0.15) is 60.8 Å².